The summed E-state index contributed by atoms with van der Waals surface area (Å²) in [5.74, 6) is 1.45. The zero-order valence-electron chi connectivity index (χ0n) is 20.5. The van der Waals surface area contributed by atoms with Gasteiger partial charge in [0.1, 0.15) is 11.3 Å². The molecule has 0 aliphatic heterocycles. The minimum atomic E-state index is -0.575. The lowest BCUT2D eigenvalue weighted by Gasteiger charge is -2.32. The van der Waals surface area contributed by atoms with Gasteiger partial charge in [0.2, 0.25) is 0 Å². The molecule has 0 bridgehead atoms. The third-order valence-corrected chi connectivity index (χ3v) is 5.60. The van der Waals surface area contributed by atoms with Crippen LogP contribution in [0.5, 0.6) is 0 Å². The van der Waals surface area contributed by atoms with E-state index in [1.807, 2.05) is 48.5 Å². The van der Waals surface area contributed by atoms with Gasteiger partial charge in [0.25, 0.3) is 5.69 Å². The minimum absolute atomic E-state index is 0.0232. The van der Waals surface area contributed by atoms with Gasteiger partial charge >= 0.3 is 0 Å². The van der Waals surface area contributed by atoms with E-state index in [1.54, 1.807) is 23.0 Å². The highest BCUT2D eigenvalue weighted by Gasteiger charge is 2.27. The van der Waals surface area contributed by atoms with E-state index in [0.717, 1.165) is 35.4 Å². The summed E-state index contributed by atoms with van der Waals surface area (Å²) < 4.78 is 1.77. The zero-order chi connectivity index (χ0) is 24.9. The van der Waals surface area contributed by atoms with Crippen LogP contribution >= 0.6 is 0 Å². The van der Waals surface area contributed by atoms with E-state index in [-0.39, 0.29) is 10.6 Å². The average Bonchev–Trinajstić information content (AvgIpc) is 3.26. The van der Waals surface area contributed by atoms with Crippen LogP contribution in [0.2, 0.25) is 0 Å². The highest BCUT2D eigenvalue weighted by atomic mass is 16.6. The highest BCUT2D eigenvalue weighted by molar-refractivity contribution is 5.75. The molecule has 1 atom stereocenters. The predicted molar refractivity (Wildman–Crippen MR) is 139 cm³/mol. The van der Waals surface area contributed by atoms with Crippen LogP contribution in [-0.4, -0.2) is 38.0 Å². The van der Waals surface area contributed by atoms with Crippen molar-refractivity contribution in [3.8, 4) is 0 Å². The number of anilines is 2. The molecular formula is C26H31N7O2. The zero-order valence-corrected chi connectivity index (χ0v) is 20.5. The summed E-state index contributed by atoms with van der Waals surface area (Å²) in [5.41, 5.74) is 3.24. The van der Waals surface area contributed by atoms with E-state index in [2.05, 4.69) is 53.2 Å². The lowest BCUT2D eigenvalue weighted by molar-refractivity contribution is -0.384. The summed E-state index contributed by atoms with van der Waals surface area (Å²) in [7, 11) is 0. The standard InChI is InChI=1S/C26H31N7O2/c1-18(2)16-31(17-19(3)4)23-13-12-20(33(34)35)15-21(23)26(28-25-11-7-8-14-27-25)32-24-10-6-5-9-22(24)29-30-32/h5-15,18-19,26H,16-17H2,1-4H3,(H,27,28)/t26-/m1/s1. The van der Waals surface area contributed by atoms with E-state index >= 15 is 0 Å². The van der Waals surface area contributed by atoms with Gasteiger partial charge < -0.3 is 10.2 Å². The number of benzene rings is 2. The van der Waals surface area contributed by atoms with Gasteiger partial charge in [0, 0.05) is 42.7 Å². The number of pyridine rings is 1. The number of non-ortho nitro benzene ring substituents is 1. The molecular weight excluding hydrogens is 442 g/mol. The fourth-order valence-corrected chi connectivity index (χ4v) is 4.25. The number of fused-ring (bicyclic) bond motifs is 1. The van der Waals surface area contributed by atoms with Gasteiger partial charge in [0.05, 0.1) is 10.4 Å². The van der Waals surface area contributed by atoms with Crippen molar-refractivity contribution in [1.82, 2.24) is 20.0 Å². The molecule has 0 amide bonds. The number of hydrogen-bond donors (Lipinski definition) is 1. The quantitative estimate of drug-likeness (QED) is 0.239. The molecule has 0 saturated carbocycles. The number of nitrogens with one attached hydrogen (secondary N) is 1. The average molecular weight is 474 g/mol. The van der Waals surface area contributed by atoms with Crippen molar-refractivity contribution < 1.29 is 4.92 Å². The number of rotatable bonds is 10. The minimum Gasteiger partial charge on any atom is -0.371 e. The summed E-state index contributed by atoms with van der Waals surface area (Å²) in [5, 5.41) is 24.0. The summed E-state index contributed by atoms with van der Waals surface area (Å²) in [6.45, 7) is 10.3. The largest absolute Gasteiger partial charge is 0.371 e. The molecule has 0 radical (unpaired) electrons. The van der Waals surface area contributed by atoms with Crippen molar-refractivity contribution in [2.24, 2.45) is 11.8 Å². The van der Waals surface area contributed by atoms with Gasteiger partial charge in [-0.2, -0.15) is 0 Å². The second-order valence-corrected chi connectivity index (χ2v) is 9.48. The van der Waals surface area contributed by atoms with Crippen molar-refractivity contribution >= 4 is 28.2 Å². The fourth-order valence-electron chi connectivity index (χ4n) is 4.25. The number of nitro benzene ring substituents is 1. The Balaban J connectivity index is 1.94. The van der Waals surface area contributed by atoms with E-state index in [9.17, 15) is 10.1 Å². The topological polar surface area (TPSA) is 102 Å². The Labute approximate surface area is 204 Å². The van der Waals surface area contributed by atoms with Crippen LogP contribution < -0.4 is 10.2 Å². The molecule has 9 nitrogen and oxygen atoms in total. The van der Waals surface area contributed by atoms with E-state index in [4.69, 9.17) is 0 Å². The van der Waals surface area contributed by atoms with Gasteiger partial charge in [0.15, 0.2) is 6.17 Å². The molecule has 35 heavy (non-hydrogen) atoms. The molecule has 0 unspecified atom stereocenters. The van der Waals surface area contributed by atoms with Gasteiger partial charge in [-0.1, -0.05) is 51.1 Å². The molecule has 2 heterocycles. The monoisotopic (exact) mass is 473 g/mol. The maximum absolute atomic E-state index is 11.8. The van der Waals surface area contributed by atoms with Gasteiger partial charge in [-0.15, -0.1) is 5.10 Å². The fraction of sp³-hybridized carbons (Fsp3) is 0.346. The van der Waals surface area contributed by atoms with Crippen molar-refractivity contribution in [2.45, 2.75) is 33.9 Å². The Morgan fingerprint density at radius 1 is 1.00 bits per heavy atom. The maximum Gasteiger partial charge on any atom is 0.270 e. The smallest absolute Gasteiger partial charge is 0.270 e. The summed E-state index contributed by atoms with van der Waals surface area (Å²) in [4.78, 5) is 18.2. The molecule has 9 heteroatoms. The van der Waals surface area contributed by atoms with Crippen molar-refractivity contribution in [3.63, 3.8) is 0 Å². The molecule has 0 fully saturated rings. The van der Waals surface area contributed by atoms with Crippen LogP contribution in [-0.2, 0) is 0 Å². The lowest BCUT2D eigenvalue weighted by Crippen LogP contribution is -2.33. The summed E-state index contributed by atoms with van der Waals surface area (Å²) in [6.07, 6.45) is 1.13. The van der Waals surface area contributed by atoms with Crippen molar-refractivity contribution in [1.29, 1.82) is 0 Å². The lowest BCUT2D eigenvalue weighted by atomic mass is 10.0. The molecule has 182 valence electrons. The molecule has 4 rings (SSSR count). The Bertz CT molecular complexity index is 1280. The first-order chi connectivity index (χ1) is 16.8. The second-order valence-electron chi connectivity index (χ2n) is 9.48. The Morgan fingerprint density at radius 2 is 1.71 bits per heavy atom. The number of nitrogens with zero attached hydrogens (tertiary/aromatic N) is 6. The van der Waals surface area contributed by atoms with Gasteiger partial charge in [-0.3, -0.25) is 10.1 Å². The normalized spacial score (nSPS) is 12.3. The second kappa shape index (κ2) is 10.5. The summed E-state index contributed by atoms with van der Waals surface area (Å²) >= 11 is 0. The van der Waals surface area contributed by atoms with Gasteiger partial charge in [-0.05, 0) is 42.2 Å². The molecule has 2 aromatic carbocycles. The molecule has 4 aromatic rings. The van der Waals surface area contributed by atoms with Crippen molar-refractivity contribution in [3.05, 3.63) is 82.5 Å². The first-order valence-corrected chi connectivity index (χ1v) is 11.8. The first kappa shape index (κ1) is 24.1. The van der Waals surface area contributed by atoms with Gasteiger partial charge in [-0.25, -0.2) is 9.67 Å². The van der Waals surface area contributed by atoms with Crippen LogP contribution in [0, 0.1) is 22.0 Å². The molecule has 0 spiro atoms. The van der Waals surface area contributed by atoms with Crippen LogP contribution in [0.1, 0.15) is 39.4 Å². The number of aromatic nitrogens is 4. The highest BCUT2D eigenvalue weighted by Crippen LogP contribution is 2.35. The SMILES string of the molecule is CC(C)CN(CC(C)C)c1ccc([N+](=O)[O-])cc1[C@H](Nc1ccccn1)n1nnc2ccccc21. The molecule has 1 N–H and O–H groups in total. The van der Waals surface area contributed by atoms with Crippen molar-refractivity contribution in [2.75, 3.05) is 23.3 Å². The summed E-state index contributed by atoms with van der Waals surface area (Å²) in [6, 6.07) is 18.3. The number of para-hydroxylation sites is 1. The number of nitro groups is 1. The van der Waals surface area contributed by atoms with Crippen LogP contribution in [0.3, 0.4) is 0 Å². The predicted octanol–water partition coefficient (Wildman–Crippen LogP) is 5.51. The maximum atomic E-state index is 11.8. The van der Waals surface area contributed by atoms with E-state index in [0.29, 0.717) is 17.7 Å². The third kappa shape index (κ3) is 5.56. The third-order valence-electron chi connectivity index (χ3n) is 5.60. The Kier molecular flexibility index (Phi) is 7.24. The van der Waals surface area contributed by atoms with E-state index < -0.39 is 6.17 Å². The van der Waals surface area contributed by atoms with Crippen LogP contribution in [0.4, 0.5) is 17.2 Å². The molecule has 2 aromatic heterocycles. The molecule has 0 aliphatic rings. The Morgan fingerprint density at radius 3 is 2.37 bits per heavy atom. The first-order valence-electron chi connectivity index (χ1n) is 11.8. The molecule has 0 saturated heterocycles. The number of hydrogen-bond acceptors (Lipinski definition) is 7. The Hall–Kier alpha value is -4.01. The van der Waals surface area contributed by atoms with E-state index in [1.165, 1.54) is 0 Å². The molecule has 0 aliphatic carbocycles. The van der Waals surface area contributed by atoms with Crippen LogP contribution in [0.15, 0.2) is 66.9 Å². The van der Waals surface area contributed by atoms with Crippen LogP contribution in [0.25, 0.3) is 11.0 Å².